The maximum Gasteiger partial charge on any atom is 0.219 e. The first-order valence-electron chi connectivity index (χ1n) is 5.83. The van der Waals surface area contributed by atoms with Gasteiger partial charge in [0.2, 0.25) is 5.88 Å². The van der Waals surface area contributed by atoms with Gasteiger partial charge >= 0.3 is 0 Å². The normalized spacial score (nSPS) is 11.1. The maximum atomic E-state index is 5.73. The van der Waals surface area contributed by atoms with E-state index in [0.29, 0.717) is 5.88 Å². The van der Waals surface area contributed by atoms with Crippen LogP contribution in [0.25, 0.3) is 0 Å². The molecule has 0 aliphatic carbocycles. The summed E-state index contributed by atoms with van der Waals surface area (Å²) in [4.78, 5) is 3.98. The van der Waals surface area contributed by atoms with E-state index in [0.717, 1.165) is 11.5 Å². The van der Waals surface area contributed by atoms with Gasteiger partial charge in [-0.1, -0.05) is 6.07 Å². The largest absolute Gasteiger partial charge is 0.488 e. The quantitative estimate of drug-likeness (QED) is 0.819. The Morgan fingerprint density at radius 3 is 2.22 bits per heavy atom. The van der Waals surface area contributed by atoms with Gasteiger partial charge in [0.05, 0.1) is 6.20 Å². The van der Waals surface area contributed by atoms with Gasteiger partial charge in [-0.25, -0.2) is 4.98 Å². The number of aromatic nitrogens is 1. The van der Waals surface area contributed by atoms with Crippen molar-refractivity contribution in [2.45, 2.75) is 26.4 Å². The van der Waals surface area contributed by atoms with Crippen LogP contribution < -0.4 is 9.47 Å². The fourth-order valence-corrected chi connectivity index (χ4v) is 1.42. The first-order chi connectivity index (χ1) is 8.53. The van der Waals surface area contributed by atoms with Crippen molar-refractivity contribution in [3.05, 3.63) is 48.7 Å². The molecule has 1 aromatic carbocycles. The fourth-order valence-electron chi connectivity index (χ4n) is 1.42. The second kappa shape index (κ2) is 5.08. The van der Waals surface area contributed by atoms with Gasteiger partial charge in [0.25, 0.3) is 0 Å². The summed E-state index contributed by atoms with van der Waals surface area (Å²) in [6.45, 7) is 6.05. The lowest BCUT2D eigenvalue weighted by molar-refractivity contribution is 0.131. The van der Waals surface area contributed by atoms with E-state index < -0.39 is 0 Å². The van der Waals surface area contributed by atoms with Crippen LogP contribution >= 0.6 is 0 Å². The van der Waals surface area contributed by atoms with E-state index in [1.807, 2.05) is 51.1 Å². The zero-order valence-corrected chi connectivity index (χ0v) is 10.8. The van der Waals surface area contributed by atoms with Crippen LogP contribution in [-0.2, 0) is 0 Å². The van der Waals surface area contributed by atoms with Crippen LogP contribution in [0.2, 0.25) is 0 Å². The summed E-state index contributed by atoms with van der Waals surface area (Å²) in [5.41, 5.74) is -0.196. The second-order valence-electron chi connectivity index (χ2n) is 4.89. The second-order valence-corrected chi connectivity index (χ2v) is 4.89. The van der Waals surface area contributed by atoms with Gasteiger partial charge in [-0.05, 0) is 51.1 Å². The molecule has 0 saturated carbocycles. The third-order valence-corrected chi connectivity index (χ3v) is 2.05. The Kier molecular flexibility index (Phi) is 3.51. The first-order valence-corrected chi connectivity index (χ1v) is 5.83. The molecule has 2 rings (SSSR count). The van der Waals surface area contributed by atoms with Crippen LogP contribution in [0.3, 0.4) is 0 Å². The van der Waals surface area contributed by atoms with E-state index in [1.54, 1.807) is 12.1 Å². The number of pyridine rings is 1. The van der Waals surface area contributed by atoms with E-state index in [-0.39, 0.29) is 5.60 Å². The van der Waals surface area contributed by atoms with E-state index in [9.17, 15) is 0 Å². The molecular formula is C15H16NO2. The molecule has 3 heteroatoms. The predicted octanol–water partition coefficient (Wildman–Crippen LogP) is 3.85. The molecule has 0 aliphatic rings. The SMILES string of the molecule is CC(C)(C)Oc1ccc(Oc2ccc[c]n2)cc1. The molecule has 0 bridgehead atoms. The van der Waals surface area contributed by atoms with Crippen molar-refractivity contribution in [3.8, 4) is 17.4 Å². The monoisotopic (exact) mass is 242 g/mol. The first kappa shape index (κ1) is 12.4. The number of rotatable bonds is 3. The van der Waals surface area contributed by atoms with Gasteiger partial charge in [0.1, 0.15) is 17.1 Å². The molecule has 0 amide bonds. The molecule has 0 aliphatic heterocycles. The lowest BCUT2D eigenvalue weighted by Gasteiger charge is -2.21. The van der Waals surface area contributed by atoms with Crippen molar-refractivity contribution < 1.29 is 9.47 Å². The van der Waals surface area contributed by atoms with Gasteiger partial charge in [-0.3, -0.25) is 0 Å². The van der Waals surface area contributed by atoms with Crippen molar-refractivity contribution in [3.63, 3.8) is 0 Å². The minimum absolute atomic E-state index is 0.196. The van der Waals surface area contributed by atoms with Crippen LogP contribution in [-0.4, -0.2) is 10.6 Å². The Bertz CT molecular complexity index is 486. The minimum Gasteiger partial charge on any atom is -0.488 e. The van der Waals surface area contributed by atoms with Gasteiger partial charge < -0.3 is 9.47 Å². The molecule has 2 aromatic rings. The highest BCUT2D eigenvalue weighted by atomic mass is 16.5. The number of hydrogen-bond donors (Lipinski definition) is 0. The van der Waals surface area contributed by atoms with Gasteiger partial charge in [-0.2, -0.15) is 0 Å². The van der Waals surface area contributed by atoms with Crippen molar-refractivity contribution in [2.24, 2.45) is 0 Å². The molecule has 93 valence electrons. The maximum absolute atomic E-state index is 5.73. The van der Waals surface area contributed by atoms with Crippen LogP contribution in [0.5, 0.6) is 17.4 Å². The summed E-state index contributed by atoms with van der Waals surface area (Å²) in [5.74, 6) is 2.08. The topological polar surface area (TPSA) is 31.4 Å². The average Bonchev–Trinajstić information content (AvgIpc) is 2.31. The molecule has 1 radical (unpaired) electrons. The molecular weight excluding hydrogens is 226 g/mol. The molecule has 0 N–H and O–H groups in total. The average molecular weight is 242 g/mol. The zero-order valence-electron chi connectivity index (χ0n) is 10.8. The summed E-state index contributed by atoms with van der Waals surface area (Å²) < 4.78 is 11.3. The molecule has 0 atom stereocenters. The molecule has 0 saturated heterocycles. The summed E-state index contributed by atoms with van der Waals surface area (Å²) in [7, 11) is 0. The molecule has 1 heterocycles. The fraction of sp³-hybridized carbons (Fsp3) is 0.267. The van der Waals surface area contributed by atoms with Gasteiger partial charge in [0, 0.05) is 6.07 Å². The number of ether oxygens (including phenoxy) is 2. The van der Waals surface area contributed by atoms with Crippen LogP contribution in [0, 0.1) is 6.20 Å². The zero-order chi connectivity index (χ0) is 13.0. The highest BCUT2D eigenvalue weighted by Gasteiger charge is 2.11. The van der Waals surface area contributed by atoms with Crippen LogP contribution in [0.1, 0.15) is 20.8 Å². The summed E-state index contributed by atoms with van der Waals surface area (Å²) in [6.07, 6.45) is 2.72. The van der Waals surface area contributed by atoms with Crippen molar-refractivity contribution in [1.82, 2.24) is 4.98 Å². The van der Waals surface area contributed by atoms with E-state index in [1.165, 1.54) is 0 Å². The van der Waals surface area contributed by atoms with Crippen molar-refractivity contribution in [1.29, 1.82) is 0 Å². The number of benzene rings is 1. The van der Waals surface area contributed by atoms with Crippen molar-refractivity contribution in [2.75, 3.05) is 0 Å². The third kappa shape index (κ3) is 3.77. The van der Waals surface area contributed by atoms with E-state index >= 15 is 0 Å². The molecule has 0 fully saturated rings. The van der Waals surface area contributed by atoms with Crippen LogP contribution in [0.15, 0.2) is 42.5 Å². The number of nitrogens with zero attached hydrogens (tertiary/aromatic N) is 1. The van der Waals surface area contributed by atoms with Crippen molar-refractivity contribution >= 4 is 0 Å². The molecule has 1 aromatic heterocycles. The highest BCUT2D eigenvalue weighted by Crippen LogP contribution is 2.24. The number of hydrogen-bond acceptors (Lipinski definition) is 3. The van der Waals surface area contributed by atoms with Crippen LogP contribution in [0.4, 0.5) is 0 Å². The Hall–Kier alpha value is -2.03. The standard InChI is InChI=1S/C15H16NO2/c1-15(2,3)18-13-9-7-12(8-10-13)17-14-6-4-5-11-16-14/h4-10H,1-3H3. The highest BCUT2D eigenvalue weighted by molar-refractivity contribution is 5.33. The Balaban J connectivity index is 2.04. The molecule has 18 heavy (non-hydrogen) atoms. The summed E-state index contributed by atoms with van der Waals surface area (Å²) in [5, 5.41) is 0. The molecule has 0 unspecified atom stereocenters. The van der Waals surface area contributed by atoms with Gasteiger partial charge in [-0.15, -0.1) is 0 Å². The lowest BCUT2D eigenvalue weighted by atomic mass is 10.2. The Morgan fingerprint density at radius 1 is 1.00 bits per heavy atom. The predicted molar refractivity (Wildman–Crippen MR) is 70.0 cm³/mol. The van der Waals surface area contributed by atoms with E-state index in [4.69, 9.17) is 9.47 Å². The Labute approximate surface area is 107 Å². The molecule has 3 nitrogen and oxygen atoms in total. The molecule has 0 spiro atoms. The smallest absolute Gasteiger partial charge is 0.219 e. The third-order valence-electron chi connectivity index (χ3n) is 2.05. The Morgan fingerprint density at radius 2 is 1.67 bits per heavy atom. The summed E-state index contributed by atoms with van der Waals surface area (Å²) >= 11 is 0. The minimum atomic E-state index is -0.196. The lowest BCUT2D eigenvalue weighted by Crippen LogP contribution is -2.22. The van der Waals surface area contributed by atoms with E-state index in [2.05, 4.69) is 11.2 Å². The van der Waals surface area contributed by atoms with Gasteiger partial charge in [0.15, 0.2) is 0 Å². The summed E-state index contributed by atoms with van der Waals surface area (Å²) in [6, 6.07) is 12.8.